The summed E-state index contributed by atoms with van der Waals surface area (Å²) in [7, 11) is 0. The summed E-state index contributed by atoms with van der Waals surface area (Å²) < 4.78 is 1.33. The molecule has 5 nitrogen and oxygen atoms in total. The van der Waals surface area contributed by atoms with Crippen molar-refractivity contribution >= 4 is 22.5 Å². The zero-order valence-electron chi connectivity index (χ0n) is 13.7. The van der Waals surface area contributed by atoms with Crippen LogP contribution in [0.25, 0.3) is 10.9 Å². The minimum Gasteiger partial charge on any atom is -0.325 e. The van der Waals surface area contributed by atoms with Gasteiger partial charge in [-0.25, -0.2) is 4.98 Å². The Balaban J connectivity index is 1.80. The number of fused-ring (bicyclic) bond motifs is 1. The zero-order chi connectivity index (χ0) is 17.1. The number of nitrogens with one attached hydrogen (secondary N) is 1. The van der Waals surface area contributed by atoms with Crippen LogP contribution in [0.5, 0.6) is 0 Å². The summed E-state index contributed by atoms with van der Waals surface area (Å²) >= 11 is 0. The van der Waals surface area contributed by atoms with Crippen LogP contribution >= 0.6 is 0 Å². The Hall–Kier alpha value is -2.95. The van der Waals surface area contributed by atoms with E-state index < -0.39 is 0 Å². The number of benzene rings is 2. The normalized spacial score (nSPS) is 10.8. The molecule has 0 bridgehead atoms. The standard InChI is InChI=1S/C19H19N3O2/c1-3-14-7-9-15(10-8-14)21-17(23)11-22-12-20-18-13(2)5-4-6-16(18)19(22)24/h4-10,12H,3,11H2,1-2H3,(H,21,23). The highest BCUT2D eigenvalue weighted by Gasteiger charge is 2.09. The number of hydrogen-bond acceptors (Lipinski definition) is 3. The van der Waals surface area contributed by atoms with Gasteiger partial charge >= 0.3 is 0 Å². The van der Waals surface area contributed by atoms with Crippen molar-refractivity contribution in [3.63, 3.8) is 0 Å². The number of aromatic nitrogens is 2. The lowest BCUT2D eigenvalue weighted by Gasteiger charge is -2.09. The second kappa shape index (κ2) is 6.66. The molecule has 0 aliphatic carbocycles. The number of aryl methyl sites for hydroxylation is 2. The SMILES string of the molecule is CCc1ccc(NC(=O)Cn2cnc3c(C)cccc3c2=O)cc1. The van der Waals surface area contributed by atoms with Crippen molar-refractivity contribution in [1.82, 2.24) is 9.55 Å². The lowest BCUT2D eigenvalue weighted by Crippen LogP contribution is -2.28. The molecule has 2 aromatic carbocycles. The molecule has 1 N–H and O–H groups in total. The van der Waals surface area contributed by atoms with Crippen molar-refractivity contribution in [3.05, 3.63) is 70.3 Å². The first kappa shape index (κ1) is 15.9. The highest BCUT2D eigenvalue weighted by Crippen LogP contribution is 2.12. The number of carbonyl (C=O) groups is 1. The average molecular weight is 321 g/mol. The van der Waals surface area contributed by atoms with Gasteiger partial charge in [0.15, 0.2) is 0 Å². The Labute approximate surface area is 140 Å². The maximum Gasteiger partial charge on any atom is 0.261 e. The minimum atomic E-state index is -0.254. The lowest BCUT2D eigenvalue weighted by atomic mass is 10.1. The van der Waals surface area contributed by atoms with Gasteiger partial charge in [0.05, 0.1) is 17.2 Å². The number of para-hydroxylation sites is 1. The summed E-state index contributed by atoms with van der Waals surface area (Å²) in [4.78, 5) is 29.0. The molecule has 0 spiro atoms. The summed E-state index contributed by atoms with van der Waals surface area (Å²) in [6.45, 7) is 3.92. The predicted octanol–water partition coefficient (Wildman–Crippen LogP) is 2.91. The highest BCUT2D eigenvalue weighted by atomic mass is 16.2. The summed E-state index contributed by atoms with van der Waals surface area (Å²) in [6.07, 6.45) is 2.38. The van der Waals surface area contributed by atoms with E-state index in [1.165, 1.54) is 16.5 Å². The molecule has 1 amide bonds. The summed E-state index contributed by atoms with van der Waals surface area (Å²) in [5.41, 5.74) is 3.33. The second-order valence-electron chi connectivity index (χ2n) is 5.75. The van der Waals surface area contributed by atoms with Crippen LogP contribution in [-0.4, -0.2) is 15.5 Å². The third kappa shape index (κ3) is 3.20. The molecule has 24 heavy (non-hydrogen) atoms. The molecule has 0 unspecified atom stereocenters. The van der Waals surface area contributed by atoms with Crippen molar-refractivity contribution in [2.24, 2.45) is 0 Å². The van der Waals surface area contributed by atoms with Crippen molar-refractivity contribution in [3.8, 4) is 0 Å². The first-order valence-electron chi connectivity index (χ1n) is 7.92. The van der Waals surface area contributed by atoms with Crippen LogP contribution in [0, 0.1) is 6.92 Å². The third-order valence-electron chi connectivity index (χ3n) is 4.02. The van der Waals surface area contributed by atoms with Gasteiger partial charge in [0.1, 0.15) is 6.54 Å². The van der Waals surface area contributed by atoms with E-state index in [1.54, 1.807) is 6.07 Å². The second-order valence-corrected chi connectivity index (χ2v) is 5.75. The van der Waals surface area contributed by atoms with Crippen molar-refractivity contribution < 1.29 is 4.79 Å². The maximum absolute atomic E-state index is 12.5. The quantitative estimate of drug-likeness (QED) is 0.803. The van der Waals surface area contributed by atoms with E-state index in [4.69, 9.17) is 0 Å². The molecule has 1 heterocycles. The van der Waals surface area contributed by atoms with Crippen LogP contribution in [0.1, 0.15) is 18.1 Å². The monoisotopic (exact) mass is 321 g/mol. The van der Waals surface area contributed by atoms with E-state index in [0.29, 0.717) is 10.9 Å². The van der Waals surface area contributed by atoms with Crippen molar-refractivity contribution in [2.75, 3.05) is 5.32 Å². The van der Waals surface area contributed by atoms with Crippen LogP contribution in [0.4, 0.5) is 5.69 Å². The van der Waals surface area contributed by atoms with Crippen LogP contribution in [0.15, 0.2) is 53.6 Å². The summed E-state index contributed by atoms with van der Waals surface area (Å²) in [6, 6.07) is 13.1. The van der Waals surface area contributed by atoms with E-state index in [0.717, 1.165) is 17.7 Å². The Bertz CT molecular complexity index is 943. The fourth-order valence-electron chi connectivity index (χ4n) is 2.63. The molecule has 0 saturated heterocycles. The van der Waals surface area contributed by atoms with Gasteiger partial charge in [0.2, 0.25) is 5.91 Å². The molecule has 122 valence electrons. The van der Waals surface area contributed by atoms with Crippen molar-refractivity contribution in [2.45, 2.75) is 26.8 Å². The fraction of sp³-hybridized carbons (Fsp3) is 0.211. The number of carbonyl (C=O) groups excluding carboxylic acids is 1. The number of amides is 1. The first-order chi connectivity index (χ1) is 11.6. The average Bonchev–Trinajstić information content (AvgIpc) is 2.58. The van der Waals surface area contributed by atoms with Gasteiger partial charge in [-0.15, -0.1) is 0 Å². The van der Waals surface area contributed by atoms with Gasteiger partial charge in [-0.1, -0.05) is 31.2 Å². The fourth-order valence-corrected chi connectivity index (χ4v) is 2.63. The molecule has 0 aliphatic rings. The van der Waals surface area contributed by atoms with Crippen molar-refractivity contribution in [1.29, 1.82) is 0 Å². The van der Waals surface area contributed by atoms with Crippen LogP contribution in [0.2, 0.25) is 0 Å². The number of hydrogen-bond donors (Lipinski definition) is 1. The molecule has 0 aliphatic heterocycles. The Kier molecular flexibility index (Phi) is 4.42. The highest BCUT2D eigenvalue weighted by molar-refractivity contribution is 5.90. The molecule has 0 atom stereocenters. The predicted molar refractivity (Wildman–Crippen MR) is 95.2 cm³/mol. The van der Waals surface area contributed by atoms with Crippen LogP contribution < -0.4 is 10.9 Å². The van der Waals surface area contributed by atoms with E-state index in [-0.39, 0.29) is 18.0 Å². The van der Waals surface area contributed by atoms with Gasteiger partial charge in [0.25, 0.3) is 5.56 Å². The largest absolute Gasteiger partial charge is 0.325 e. The summed E-state index contributed by atoms with van der Waals surface area (Å²) in [5.74, 6) is -0.254. The van der Waals surface area contributed by atoms with Crippen LogP contribution in [-0.2, 0) is 17.8 Å². The van der Waals surface area contributed by atoms with Gasteiger partial charge < -0.3 is 5.32 Å². The number of rotatable bonds is 4. The molecule has 0 saturated carbocycles. The molecular formula is C19H19N3O2. The number of nitrogens with zero attached hydrogens (tertiary/aromatic N) is 2. The Morgan fingerprint density at radius 3 is 2.62 bits per heavy atom. The lowest BCUT2D eigenvalue weighted by molar-refractivity contribution is -0.116. The molecule has 0 radical (unpaired) electrons. The summed E-state index contributed by atoms with van der Waals surface area (Å²) in [5, 5.41) is 3.33. The van der Waals surface area contributed by atoms with Crippen LogP contribution in [0.3, 0.4) is 0 Å². The first-order valence-corrected chi connectivity index (χ1v) is 7.92. The zero-order valence-corrected chi connectivity index (χ0v) is 13.7. The third-order valence-corrected chi connectivity index (χ3v) is 4.02. The van der Waals surface area contributed by atoms with Gasteiger partial charge in [-0.3, -0.25) is 14.2 Å². The molecular weight excluding hydrogens is 302 g/mol. The van der Waals surface area contributed by atoms with E-state index in [2.05, 4.69) is 17.2 Å². The van der Waals surface area contributed by atoms with Gasteiger partial charge in [0, 0.05) is 5.69 Å². The molecule has 5 heteroatoms. The van der Waals surface area contributed by atoms with E-state index in [9.17, 15) is 9.59 Å². The van der Waals surface area contributed by atoms with E-state index >= 15 is 0 Å². The molecule has 3 rings (SSSR count). The maximum atomic E-state index is 12.5. The van der Waals surface area contributed by atoms with Gasteiger partial charge in [-0.2, -0.15) is 0 Å². The molecule has 0 fully saturated rings. The van der Waals surface area contributed by atoms with E-state index in [1.807, 2.05) is 43.3 Å². The topological polar surface area (TPSA) is 64.0 Å². The Morgan fingerprint density at radius 1 is 1.17 bits per heavy atom. The minimum absolute atomic E-state index is 0.0642. The number of anilines is 1. The molecule has 3 aromatic rings. The van der Waals surface area contributed by atoms with Gasteiger partial charge in [-0.05, 0) is 42.7 Å². The molecule has 1 aromatic heterocycles. The Morgan fingerprint density at radius 2 is 1.92 bits per heavy atom. The smallest absolute Gasteiger partial charge is 0.261 e.